The van der Waals surface area contributed by atoms with Gasteiger partial charge in [0.25, 0.3) is 0 Å². The van der Waals surface area contributed by atoms with Crippen LogP contribution in [-0.4, -0.2) is 24.4 Å². The lowest BCUT2D eigenvalue weighted by atomic mass is 10.1. The minimum atomic E-state index is 0.407. The molecular weight excluding hydrogens is 218 g/mol. The van der Waals surface area contributed by atoms with E-state index in [4.69, 9.17) is 15.2 Å². The van der Waals surface area contributed by atoms with E-state index < -0.39 is 0 Å². The normalized spacial score (nSPS) is 10.3. The molecule has 0 saturated heterocycles. The van der Waals surface area contributed by atoms with Gasteiger partial charge < -0.3 is 15.2 Å². The highest BCUT2D eigenvalue weighted by molar-refractivity contribution is 5.72. The number of aromatic nitrogens is 2. The molecule has 2 rings (SSSR count). The van der Waals surface area contributed by atoms with Gasteiger partial charge in [-0.1, -0.05) is 0 Å². The summed E-state index contributed by atoms with van der Waals surface area (Å²) in [5.74, 6) is 1.49. The number of ether oxygens (including phenoxy) is 2. The highest BCUT2D eigenvalue weighted by Crippen LogP contribution is 2.34. The Hall–Kier alpha value is -2.01. The first kappa shape index (κ1) is 11.5. The Morgan fingerprint density at radius 2 is 2.06 bits per heavy atom. The molecule has 5 nitrogen and oxygen atoms in total. The minimum absolute atomic E-state index is 0.407. The van der Waals surface area contributed by atoms with E-state index in [0.29, 0.717) is 6.54 Å². The van der Waals surface area contributed by atoms with Crippen LogP contribution >= 0.6 is 0 Å². The summed E-state index contributed by atoms with van der Waals surface area (Å²) < 4.78 is 10.5. The number of nitrogens with two attached hydrogens (primary N) is 1. The maximum absolute atomic E-state index is 5.64. The molecule has 1 aromatic heterocycles. The number of nitrogens with one attached hydrogen (secondary N) is 1. The molecule has 0 atom stereocenters. The number of hydrogen-bond donors (Lipinski definition) is 2. The second-order valence-electron chi connectivity index (χ2n) is 3.53. The number of H-pyrrole nitrogens is 1. The molecule has 90 valence electrons. The summed E-state index contributed by atoms with van der Waals surface area (Å²) in [7, 11) is 3.25. The standard InChI is InChI=1S/C12H15N3O2/c1-16-8-3-4-9(12(5-8)17-2)10-7-14-15-11(10)6-13/h3-5,7H,6,13H2,1-2H3,(H,14,15). The van der Waals surface area contributed by atoms with Crippen LogP contribution in [0.1, 0.15) is 5.69 Å². The van der Waals surface area contributed by atoms with E-state index in [1.807, 2.05) is 18.2 Å². The maximum atomic E-state index is 5.64. The summed E-state index contributed by atoms with van der Waals surface area (Å²) in [4.78, 5) is 0. The summed E-state index contributed by atoms with van der Waals surface area (Å²) in [6.45, 7) is 0.407. The van der Waals surface area contributed by atoms with Gasteiger partial charge in [-0.3, -0.25) is 5.10 Å². The Bertz CT molecular complexity index is 508. The average Bonchev–Trinajstić information content (AvgIpc) is 2.85. The van der Waals surface area contributed by atoms with Gasteiger partial charge in [0.05, 0.1) is 26.1 Å². The van der Waals surface area contributed by atoms with Crippen molar-refractivity contribution in [3.8, 4) is 22.6 Å². The zero-order chi connectivity index (χ0) is 12.3. The Balaban J connectivity index is 2.51. The molecule has 0 aliphatic carbocycles. The Morgan fingerprint density at radius 3 is 2.71 bits per heavy atom. The molecule has 0 aliphatic heterocycles. The smallest absolute Gasteiger partial charge is 0.130 e. The first-order valence-corrected chi connectivity index (χ1v) is 5.25. The zero-order valence-corrected chi connectivity index (χ0v) is 9.86. The summed E-state index contributed by atoms with van der Waals surface area (Å²) >= 11 is 0. The Labute approximate surface area is 99.5 Å². The van der Waals surface area contributed by atoms with Crippen molar-refractivity contribution in [2.45, 2.75) is 6.54 Å². The van der Waals surface area contributed by atoms with Crippen molar-refractivity contribution in [3.63, 3.8) is 0 Å². The number of aromatic amines is 1. The van der Waals surface area contributed by atoms with Gasteiger partial charge >= 0.3 is 0 Å². The molecule has 2 aromatic rings. The lowest BCUT2D eigenvalue weighted by Gasteiger charge is -2.10. The molecule has 0 radical (unpaired) electrons. The summed E-state index contributed by atoms with van der Waals surface area (Å²) in [5, 5.41) is 6.87. The van der Waals surface area contributed by atoms with E-state index in [2.05, 4.69) is 10.2 Å². The van der Waals surface area contributed by atoms with E-state index in [0.717, 1.165) is 28.3 Å². The summed E-state index contributed by atoms with van der Waals surface area (Å²) in [6.07, 6.45) is 1.74. The second kappa shape index (κ2) is 4.88. The van der Waals surface area contributed by atoms with Crippen LogP contribution in [0.4, 0.5) is 0 Å². The molecule has 0 unspecified atom stereocenters. The van der Waals surface area contributed by atoms with Crippen LogP contribution in [-0.2, 0) is 6.54 Å². The van der Waals surface area contributed by atoms with Gasteiger partial charge in [0.2, 0.25) is 0 Å². The molecule has 0 saturated carbocycles. The third-order valence-corrected chi connectivity index (χ3v) is 2.62. The quantitative estimate of drug-likeness (QED) is 0.840. The van der Waals surface area contributed by atoms with Crippen molar-refractivity contribution in [2.24, 2.45) is 5.73 Å². The summed E-state index contributed by atoms with van der Waals surface area (Å²) in [6, 6.07) is 5.65. The lowest BCUT2D eigenvalue weighted by Crippen LogP contribution is -1.99. The highest BCUT2D eigenvalue weighted by Gasteiger charge is 2.12. The van der Waals surface area contributed by atoms with Crippen molar-refractivity contribution in [3.05, 3.63) is 30.1 Å². The third kappa shape index (κ3) is 2.09. The fourth-order valence-corrected chi connectivity index (χ4v) is 1.72. The van der Waals surface area contributed by atoms with Crippen molar-refractivity contribution in [1.29, 1.82) is 0 Å². The van der Waals surface area contributed by atoms with Gasteiger partial charge in [0.15, 0.2) is 0 Å². The van der Waals surface area contributed by atoms with Gasteiger partial charge in [-0.2, -0.15) is 5.10 Å². The van der Waals surface area contributed by atoms with Gasteiger partial charge in [-0.15, -0.1) is 0 Å². The predicted octanol–water partition coefficient (Wildman–Crippen LogP) is 1.55. The SMILES string of the molecule is COc1ccc(-c2cn[nH]c2CN)c(OC)c1. The van der Waals surface area contributed by atoms with Gasteiger partial charge in [-0.25, -0.2) is 0 Å². The number of rotatable bonds is 4. The molecule has 1 aromatic carbocycles. The second-order valence-corrected chi connectivity index (χ2v) is 3.53. The van der Waals surface area contributed by atoms with Crippen LogP contribution in [0, 0.1) is 0 Å². The molecule has 0 amide bonds. The fourth-order valence-electron chi connectivity index (χ4n) is 1.72. The zero-order valence-electron chi connectivity index (χ0n) is 9.86. The van der Waals surface area contributed by atoms with E-state index in [9.17, 15) is 0 Å². The van der Waals surface area contributed by atoms with Crippen LogP contribution in [0.15, 0.2) is 24.4 Å². The van der Waals surface area contributed by atoms with Crippen molar-refractivity contribution < 1.29 is 9.47 Å². The van der Waals surface area contributed by atoms with E-state index >= 15 is 0 Å². The van der Waals surface area contributed by atoms with Crippen LogP contribution in [0.3, 0.4) is 0 Å². The molecule has 5 heteroatoms. The van der Waals surface area contributed by atoms with Gasteiger partial charge in [0.1, 0.15) is 11.5 Å². The molecule has 0 aliphatic rings. The van der Waals surface area contributed by atoms with E-state index in [1.54, 1.807) is 20.4 Å². The van der Waals surface area contributed by atoms with Gasteiger partial charge in [-0.05, 0) is 12.1 Å². The molecule has 0 spiro atoms. The maximum Gasteiger partial charge on any atom is 0.130 e. The predicted molar refractivity (Wildman–Crippen MR) is 65.0 cm³/mol. The molecule has 0 bridgehead atoms. The largest absolute Gasteiger partial charge is 0.497 e. The highest BCUT2D eigenvalue weighted by atomic mass is 16.5. The van der Waals surface area contributed by atoms with Crippen molar-refractivity contribution in [2.75, 3.05) is 14.2 Å². The number of benzene rings is 1. The Morgan fingerprint density at radius 1 is 1.24 bits per heavy atom. The molecule has 17 heavy (non-hydrogen) atoms. The molecule has 1 heterocycles. The first-order valence-electron chi connectivity index (χ1n) is 5.25. The van der Waals surface area contributed by atoms with Gasteiger partial charge in [0, 0.05) is 23.7 Å². The molecule has 3 N–H and O–H groups in total. The molecular formula is C12H15N3O2. The van der Waals surface area contributed by atoms with Crippen LogP contribution in [0.25, 0.3) is 11.1 Å². The van der Waals surface area contributed by atoms with Crippen LogP contribution in [0.5, 0.6) is 11.5 Å². The number of hydrogen-bond acceptors (Lipinski definition) is 4. The lowest BCUT2D eigenvalue weighted by molar-refractivity contribution is 0.395. The minimum Gasteiger partial charge on any atom is -0.497 e. The first-order chi connectivity index (χ1) is 8.30. The van der Waals surface area contributed by atoms with Crippen molar-refractivity contribution >= 4 is 0 Å². The topological polar surface area (TPSA) is 73.2 Å². The van der Waals surface area contributed by atoms with Crippen LogP contribution in [0.2, 0.25) is 0 Å². The van der Waals surface area contributed by atoms with E-state index in [1.165, 1.54) is 0 Å². The Kier molecular flexibility index (Phi) is 3.30. The van der Waals surface area contributed by atoms with Crippen molar-refractivity contribution in [1.82, 2.24) is 10.2 Å². The fraction of sp³-hybridized carbons (Fsp3) is 0.250. The monoisotopic (exact) mass is 233 g/mol. The van der Waals surface area contributed by atoms with Crippen LogP contribution < -0.4 is 15.2 Å². The molecule has 0 fully saturated rings. The number of nitrogens with zero attached hydrogens (tertiary/aromatic N) is 1. The summed E-state index contributed by atoms with van der Waals surface area (Å²) in [5.41, 5.74) is 8.42. The average molecular weight is 233 g/mol. The van der Waals surface area contributed by atoms with E-state index in [-0.39, 0.29) is 0 Å². The third-order valence-electron chi connectivity index (χ3n) is 2.62. The number of methoxy groups -OCH3 is 2.